The van der Waals surface area contributed by atoms with Crippen molar-refractivity contribution >= 4 is 39.1 Å². The number of nitrogens with one attached hydrogen (secondary N) is 2. The first-order valence-electron chi connectivity index (χ1n) is 9.16. The molecule has 0 heterocycles. The summed E-state index contributed by atoms with van der Waals surface area (Å²) in [6.07, 6.45) is 0. The molecule has 0 bridgehead atoms. The third-order valence-corrected chi connectivity index (χ3v) is 6.75. The molecular weight excluding hydrogens is 423 g/mol. The number of sulfonamides is 1. The van der Waals surface area contributed by atoms with Gasteiger partial charge in [0.15, 0.2) is 0 Å². The number of para-hydroxylation sites is 1. The van der Waals surface area contributed by atoms with E-state index in [0.717, 1.165) is 10.5 Å². The summed E-state index contributed by atoms with van der Waals surface area (Å²) in [5.74, 6) is -0.856. The number of hydrogen-bond acceptors (Lipinski definition) is 4. The standard InChI is InChI=1S/C22H21FN2O3S2/c1-15-7-11-18(12-8-15)29-16(2)22(26)24-17-9-13-19(14-10-17)30(27,28)25-21-6-4-3-5-20(21)23/h3-14,16,25H,1-2H3,(H,24,26). The average Bonchev–Trinajstić information content (AvgIpc) is 2.71. The quantitative estimate of drug-likeness (QED) is 0.500. The number of benzene rings is 3. The van der Waals surface area contributed by atoms with Crippen LogP contribution in [0, 0.1) is 12.7 Å². The highest BCUT2D eigenvalue weighted by molar-refractivity contribution is 8.00. The predicted octanol–water partition coefficient (Wildman–Crippen LogP) is 5.05. The van der Waals surface area contributed by atoms with Crippen LogP contribution in [0.5, 0.6) is 0 Å². The third-order valence-electron chi connectivity index (χ3n) is 4.25. The van der Waals surface area contributed by atoms with E-state index in [2.05, 4.69) is 10.0 Å². The van der Waals surface area contributed by atoms with Crippen molar-refractivity contribution in [2.45, 2.75) is 28.9 Å². The minimum atomic E-state index is -3.95. The number of hydrogen-bond donors (Lipinski definition) is 2. The highest BCUT2D eigenvalue weighted by Crippen LogP contribution is 2.25. The Hall–Kier alpha value is -2.84. The molecule has 3 rings (SSSR count). The van der Waals surface area contributed by atoms with Crippen LogP contribution in [0.3, 0.4) is 0 Å². The number of carbonyl (C=O) groups excluding carboxylic acids is 1. The maximum atomic E-state index is 13.7. The Balaban J connectivity index is 1.64. The van der Waals surface area contributed by atoms with Crippen molar-refractivity contribution in [3.63, 3.8) is 0 Å². The van der Waals surface area contributed by atoms with Crippen LogP contribution in [-0.4, -0.2) is 19.6 Å². The molecule has 0 aromatic heterocycles. The van der Waals surface area contributed by atoms with Crippen LogP contribution in [0.2, 0.25) is 0 Å². The fourth-order valence-electron chi connectivity index (χ4n) is 2.58. The number of halogens is 1. The molecule has 0 saturated carbocycles. The topological polar surface area (TPSA) is 75.3 Å². The number of rotatable bonds is 7. The summed E-state index contributed by atoms with van der Waals surface area (Å²) in [5, 5.41) is 2.44. The molecule has 1 atom stereocenters. The number of amides is 1. The largest absolute Gasteiger partial charge is 0.325 e. The monoisotopic (exact) mass is 444 g/mol. The van der Waals surface area contributed by atoms with Crippen LogP contribution < -0.4 is 10.0 Å². The first-order valence-corrected chi connectivity index (χ1v) is 11.5. The van der Waals surface area contributed by atoms with Gasteiger partial charge in [-0.15, -0.1) is 11.8 Å². The number of aryl methyl sites for hydroxylation is 1. The van der Waals surface area contributed by atoms with Gasteiger partial charge in [0.1, 0.15) is 5.82 Å². The summed E-state index contributed by atoms with van der Waals surface area (Å²) in [4.78, 5) is 13.4. The Kier molecular flexibility index (Phi) is 6.79. The maximum Gasteiger partial charge on any atom is 0.261 e. The fourth-order valence-corrected chi connectivity index (χ4v) is 4.52. The van der Waals surface area contributed by atoms with Crippen LogP contribution in [0.1, 0.15) is 12.5 Å². The van der Waals surface area contributed by atoms with Crippen molar-refractivity contribution in [3.8, 4) is 0 Å². The van der Waals surface area contributed by atoms with Crippen molar-refractivity contribution < 1.29 is 17.6 Å². The second-order valence-electron chi connectivity index (χ2n) is 6.67. The molecule has 5 nitrogen and oxygen atoms in total. The zero-order valence-corrected chi connectivity index (χ0v) is 18.1. The number of anilines is 2. The summed E-state index contributed by atoms with van der Waals surface area (Å²) in [7, 11) is -3.95. The Bertz CT molecular complexity index is 1130. The van der Waals surface area contributed by atoms with Gasteiger partial charge in [-0.2, -0.15) is 0 Å². The molecule has 0 aliphatic carbocycles. The lowest BCUT2D eigenvalue weighted by Gasteiger charge is -2.13. The van der Waals surface area contributed by atoms with E-state index in [4.69, 9.17) is 0 Å². The van der Waals surface area contributed by atoms with E-state index in [-0.39, 0.29) is 21.7 Å². The molecule has 3 aromatic rings. The van der Waals surface area contributed by atoms with E-state index in [1.54, 1.807) is 6.92 Å². The highest BCUT2D eigenvalue weighted by atomic mass is 32.2. The van der Waals surface area contributed by atoms with E-state index in [1.807, 2.05) is 31.2 Å². The van der Waals surface area contributed by atoms with Gasteiger partial charge in [0.25, 0.3) is 10.0 Å². The molecule has 0 saturated heterocycles. The molecule has 30 heavy (non-hydrogen) atoms. The highest BCUT2D eigenvalue weighted by Gasteiger charge is 2.18. The van der Waals surface area contributed by atoms with Gasteiger partial charge < -0.3 is 5.32 Å². The van der Waals surface area contributed by atoms with Crippen molar-refractivity contribution in [1.29, 1.82) is 0 Å². The van der Waals surface area contributed by atoms with Gasteiger partial charge in [-0.3, -0.25) is 9.52 Å². The molecule has 0 aliphatic rings. The lowest BCUT2D eigenvalue weighted by atomic mass is 10.2. The third kappa shape index (κ3) is 5.61. The van der Waals surface area contributed by atoms with Gasteiger partial charge in [-0.25, -0.2) is 12.8 Å². The molecule has 0 fully saturated rings. The zero-order valence-electron chi connectivity index (χ0n) is 16.4. The van der Waals surface area contributed by atoms with Crippen LogP contribution in [0.4, 0.5) is 15.8 Å². The van der Waals surface area contributed by atoms with Crippen LogP contribution >= 0.6 is 11.8 Å². The summed E-state index contributed by atoms with van der Waals surface area (Å²) in [6, 6.07) is 19.1. The lowest BCUT2D eigenvalue weighted by molar-refractivity contribution is -0.115. The molecule has 8 heteroatoms. The first kappa shape index (κ1) is 21.9. The Labute approximate surface area is 179 Å². The molecule has 156 valence electrons. The number of carbonyl (C=O) groups is 1. The summed E-state index contributed by atoms with van der Waals surface area (Å²) in [5.41, 5.74) is 1.49. The minimum Gasteiger partial charge on any atom is -0.325 e. The molecule has 0 radical (unpaired) electrons. The second kappa shape index (κ2) is 9.32. The van der Waals surface area contributed by atoms with E-state index in [9.17, 15) is 17.6 Å². The van der Waals surface area contributed by atoms with Gasteiger partial charge >= 0.3 is 0 Å². The normalized spacial score (nSPS) is 12.2. The Morgan fingerprint density at radius 1 is 0.967 bits per heavy atom. The van der Waals surface area contributed by atoms with Gasteiger partial charge in [-0.05, 0) is 62.4 Å². The Morgan fingerprint density at radius 2 is 1.60 bits per heavy atom. The van der Waals surface area contributed by atoms with Crippen LogP contribution in [0.15, 0.2) is 82.6 Å². The zero-order chi connectivity index (χ0) is 21.7. The molecule has 2 N–H and O–H groups in total. The predicted molar refractivity (Wildman–Crippen MR) is 119 cm³/mol. The van der Waals surface area contributed by atoms with Gasteiger partial charge in [-0.1, -0.05) is 29.8 Å². The van der Waals surface area contributed by atoms with E-state index >= 15 is 0 Å². The molecule has 1 amide bonds. The van der Waals surface area contributed by atoms with Crippen molar-refractivity contribution in [2.75, 3.05) is 10.0 Å². The summed E-state index contributed by atoms with van der Waals surface area (Å²) < 4.78 is 40.8. The van der Waals surface area contributed by atoms with Crippen molar-refractivity contribution in [3.05, 3.63) is 84.2 Å². The van der Waals surface area contributed by atoms with E-state index in [0.29, 0.717) is 5.69 Å². The van der Waals surface area contributed by atoms with Crippen molar-refractivity contribution in [1.82, 2.24) is 0 Å². The van der Waals surface area contributed by atoms with E-state index < -0.39 is 15.8 Å². The molecule has 3 aromatic carbocycles. The average molecular weight is 445 g/mol. The van der Waals surface area contributed by atoms with Crippen LogP contribution in [0.25, 0.3) is 0 Å². The molecule has 1 unspecified atom stereocenters. The number of thioether (sulfide) groups is 1. The fraction of sp³-hybridized carbons (Fsp3) is 0.136. The molecular formula is C22H21FN2O3S2. The van der Waals surface area contributed by atoms with Crippen molar-refractivity contribution in [2.24, 2.45) is 0 Å². The Morgan fingerprint density at radius 3 is 2.23 bits per heavy atom. The maximum absolute atomic E-state index is 13.7. The van der Waals surface area contributed by atoms with Gasteiger partial charge in [0, 0.05) is 10.6 Å². The van der Waals surface area contributed by atoms with Crippen LogP contribution in [-0.2, 0) is 14.8 Å². The smallest absolute Gasteiger partial charge is 0.261 e. The van der Waals surface area contributed by atoms with Gasteiger partial charge in [0.05, 0.1) is 15.8 Å². The minimum absolute atomic E-state index is 0.0363. The second-order valence-corrected chi connectivity index (χ2v) is 9.77. The molecule has 0 spiro atoms. The summed E-state index contributed by atoms with van der Waals surface area (Å²) >= 11 is 1.44. The first-order chi connectivity index (χ1) is 14.2. The van der Waals surface area contributed by atoms with Gasteiger partial charge in [0.2, 0.25) is 5.91 Å². The SMILES string of the molecule is Cc1ccc(SC(C)C(=O)Nc2ccc(S(=O)(=O)Nc3ccccc3F)cc2)cc1. The molecule has 0 aliphatic heterocycles. The summed E-state index contributed by atoms with van der Waals surface area (Å²) in [6.45, 7) is 3.80. The lowest BCUT2D eigenvalue weighted by Crippen LogP contribution is -2.22. The van der Waals surface area contributed by atoms with E-state index in [1.165, 1.54) is 60.3 Å².